The molecular weight excluding hydrogens is 342 g/mol. The molecule has 6 heteroatoms. The highest BCUT2D eigenvalue weighted by molar-refractivity contribution is 5.89. The molecule has 0 N–H and O–H groups in total. The molecule has 1 saturated heterocycles. The summed E-state index contributed by atoms with van der Waals surface area (Å²) < 4.78 is 5.31. The van der Waals surface area contributed by atoms with Crippen LogP contribution in [0.1, 0.15) is 36.7 Å². The van der Waals surface area contributed by atoms with Gasteiger partial charge in [0.15, 0.2) is 0 Å². The van der Waals surface area contributed by atoms with Crippen molar-refractivity contribution in [2.75, 3.05) is 13.1 Å². The van der Waals surface area contributed by atoms with E-state index in [1.165, 1.54) is 0 Å². The van der Waals surface area contributed by atoms with E-state index in [1.54, 1.807) is 29.4 Å². The zero-order valence-corrected chi connectivity index (χ0v) is 15.4. The lowest BCUT2D eigenvalue weighted by Crippen LogP contribution is -2.37. The molecule has 1 fully saturated rings. The van der Waals surface area contributed by atoms with E-state index in [0.717, 1.165) is 17.7 Å². The maximum Gasteiger partial charge on any atom is 0.228 e. The molecule has 1 aliphatic rings. The van der Waals surface area contributed by atoms with Crippen molar-refractivity contribution in [3.63, 3.8) is 0 Å². The Morgan fingerprint density at radius 1 is 1.33 bits per heavy atom. The quantitative estimate of drug-likeness (QED) is 0.756. The van der Waals surface area contributed by atoms with Gasteiger partial charge in [0.2, 0.25) is 11.8 Å². The van der Waals surface area contributed by atoms with Gasteiger partial charge in [-0.15, -0.1) is 0 Å². The third-order valence-corrected chi connectivity index (χ3v) is 4.75. The van der Waals surface area contributed by atoms with Crippen LogP contribution >= 0.6 is 0 Å². The van der Waals surface area contributed by atoms with E-state index in [0.29, 0.717) is 31.7 Å². The summed E-state index contributed by atoms with van der Waals surface area (Å²) >= 11 is 0. The second-order valence-electron chi connectivity index (χ2n) is 6.82. The summed E-state index contributed by atoms with van der Waals surface area (Å²) in [4.78, 5) is 28.8. The van der Waals surface area contributed by atoms with Crippen molar-refractivity contribution in [3.8, 4) is 6.07 Å². The highest BCUT2D eigenvalue weighted by Gasteiger charge is 2.36. The molecule has 0 bridgehead atoms. The van der Waals surface area contributed by atoms with Crippen molar-refractivity contribution in [1.82, 2.24) is 9.80 Å². The Morgan fingerprint density at radius 2 is 2.11 bits per heavy atom. The van der Waals surface area contributed by atoms with Gasteiger partial charge in [-0.25, -0.2) is 0 Å². The summed E-state index contributed by atoms with van der Waals surface area (Å²) in [5.41, 5.74) is 1.58. The average molecular weight is 365 g/mol. The number of amides is 2. The van der Waals surface area contributed by atoms with E-state index < -0.39 is 0 Å². The maximum absolute atomic E-state index is 13.0. The van der Waals surface area contributed by atoms with Crippen LogP contribution in [0.4, 0.5) is 0 Å². The summed E-state index contributed by atoms with van der Waals surface area (Å²) in [6, 6.07) is 13.0. The van der Waals surface area contributed by atoms with Gasteiger partial charge in [-0.1, -0.05) is 19.1 Å². The van der Waals surface area contributed by atoms with Gasteiger partial charge in [0, 0.05) is 26.1 Å². The van der Waals surface area contributed by atoms with Crippen molar-refractivity contribution in [2.45, 2.75) is 32.9 Å². The summed E-state index contributed by atoms with van der Waals surface area (Å²) in [6.45, 7) is 3.98. The summed E-state index contributed by atoms with van der Waals surface area (Å²) in [5.74, 6) is 0.396. The fraction of sp³-hybridized carbons (Fsp3) is 0.381. The Hall–Kier alpha value is -3.07. The molecule has 2 aromatic rings. The largest absolute Gasteiger partial charge is 0.467 e. The van der Waals surface area contributed by atoms with Crippen LogP contribution in [0, 0.1) is 17.2 Å². The van der Waals surface area contributed by atoms with Gasteiger partial charge in [-0.2, -0.15) is 5.26 Å². The van der Waals surface area contributed by atoms with Crippen LogP contribution in [0.15, 0.2) is 47.1 Å². The third kappa shape index (κ3) is 4.56. The Balaban J connectivity index is 1.65. The first-order valence-corrected chi connectivity index (χ1v) is 9.18. The van der Waals surface area contributed by atoms with Crippen LogP contribution in [-0.4, -0.2) is 34.7 Å². The van der Waals surface area contributed by atoms with Crippen molar-refractivity contribution in [1.29, 1.82) is 5.26 Å². The van der Waals surface area contributed by atoms with E-state index in [1.807, 2.05) is 30.0 Å². The van der Waals surface area contributed by atoms with Gasteiger partial charge in [-0.3, -0.25) is 9.59 Å². The molecule has 3 rings (SSSR count). The van der Waals surface area contributed by atoms with Gasteiger partial charge in [0.1, 0.15) is 5.76 Å². The topological polar surface area (TPSA) is 77.5 Å². The molecule has 6 nitrogen and oxygen atoms in total. The van der Waals surface area contributed by atoms with Crippen LogP contribution < -0.4 is 0 Å². The standard InChI is InChI=1S/C21H23N3O3/c1-2-9-23(13-17-7-5-16(12-22)6-8-17)21(26)18-11-20(25)24(14-18)15-19-4-3-10-27-19/h3-8,10,18H,2,9,11,13-15H2,1H3/t18-/m0/s1. The lowest BCUT2D eigenvalue weighted by Gasteiger charge is -2.25. The molecule has 0 radical (unpaired) electrons. The first-order chi connectivity index (χ1) is 13.1. The van der Waals surface area contributed by atoms with Crippen LogP contribution in [0.3, 0.4) is 0 Å². The molecule has 2 amide bonds. The number of carbonyl (C=O) groups is 2. The fourth-order valence-electron chi connectivity index (χ4n) is 3.38. The van der Waals surface area contributed by atoms with Crippen LogP contribution in [0.2, 0.25) is 0 Å². The van der Waals surface area contributed by atoms with Gasteiger partial charge < -0.3 is 14.2 Å². The number of rotatable bonds is 7. The van der Waals surface area contributed by atoms with Crippen LogP contribution in [0.5, 0.6) is 0 Å². The molecule has 1 atom stereocenters. The van der Waals surface area contributed by atoms with E-state index in [2.05, 4.69) is 6.07 Å². The first-order valence-electron chi connectivity index (χ1n) is 9.18. The van der Waals surface area contributed by atoms with Gasteiger partial charge >= 0.3 is 0 Å². The van der Waals surface area contributed by atoms with Crippen molar-refractivity contribution in [3.05, 3.63) is 59.5 Å². The van der Waals surface area contributed by atoms with E-state index in [9.17, 15) is 9.59 Å². The Kier molecular flexibility index (Phi) is 5.92. The Morgan fingerprint density at radius 3 is 2.74 bits per heavy atom. The molecule has 0 spiro atoms. The molecule has 1 aromatic carbocycles. The summed E-state index contributed by atoms with van der Waals surface area (Å²) in [6.07, 6.45) is 2.67. The zero-order chi connectivity index (χ0) is 19.2. The number of likely N-dealkylation sites (tertiary alicyclic amines) is 1. The highest BCUT2D eigenvalue weighted by atomic mass is 16.3. The van der Waals surface area contributed by atoms with E-state index in [-0.39, 0.29) is 24.2 Å². The average Bonchev–Trinajstić information content (AvgIpc) is 3.32. The number of benzene rings is 1. The van der Waals surface area contributed by atoms with Gasteiger partial charge in [0.25, 0.3) is 0 Å². The number of carbonyl (C=O) groups excluding carboxylic acids is 2. The van der Waals surface area contributed by atoms with Gasteiger partial charge in [-0.05, 0) is 36.2 Å². The van der Waals surface area contributed by atoms with Crippen LogP contribution in [-0.2, 0) is 22.7 Å². The molecule has 2 heterocycles. The maximum atomic E-state index is 13.0. The van der Waals surface area contributed by atoms with Crippen molar-refractivity contribution in [2.24, 2.45) is 5.92 Å². The zero-order valence-electron chi connectivity index (χ0n) is 15.4. The SMILES string of the molecule is CCCN(Cc1ccc(C#N)cc1)C(=O)[C@H]1CC(=O)N(Cc2ccco2)C1. The number of nitrogens with zero attached hydrogens (tertiary/aromatic N) is 3. The van der Waals surface area contributed by atoms with E-state index >= 15 is 0 Å². The molecule has 1 aliphatic heterocycles. The third-order valence-electron chi connectivity index (χ3n) is 4.75. The number of hydrogen-bond donors (Lipinski definition) is 0. The molecule has 0 saturated carbocycles. The number of furan rings is 1. The predicted octanol–water partition coefficient (Wildman–Crippen LogP) is 2.94. The minimum absolute atomic E-state index is 0.0107. The monoisotopic (exact) mass is 365 g/mol. The smallest absolute Gasteiger partial charge is 0.228 e. The predicted molar refractivity (Wildman–Crippen MR) is 99.1 cm³/mol. The molecule has 1 aromatic heterocycles. The molecule has 0 unspecified atom stereocenters. The van der Waals surface area contributed by atoms with Crippen molar-refractivity contribution < 1.29 is 14.0 Å². The second-order valence-corrected chi connectivity index (χ2v) is 6.82. The Bertz CT molecular complexity index is 821. The lowest BCUT2D eigenvalue weighted by atomic mass is 10.1. The lowest BCUT2D eigenvalue weighted by molar-refractivity contribution is -0.136. The van der Waals surface area contributed by atoms with Crippen molar-refractivity contribution >= 4 is 11.8 Å². The molecular formula is C21H23N3O3. The summed E-state index contributed by atoms with van der Waals surface area (Å²) in [7, 11) is 0. The molecule has 27 heavy (non-hydrogen) atoms. The van der Waals surface area contributed by atoms with Gasteiger partial charge in [0.05, 0.1) is 30.4 Å². The molecule has 0 aliphatic carbocycles. The second kappa shape index (κ2) is 8.54. The summed E-state index contributed by atoms with van der Waals surface area (Å²) in [5, 5.41) is 8.91. The minimum atomic E-state index is -0.322. The number of nitriles is 1. The fourth-order valence-corrected chi connectivity index (χ4v) is 3.38. The first kappa shape index (κ1) is 18.7. The Labute approximate surface area is 159 Å². The van der Waals surface area contributed by atoms with E-state index in [4.69, 9.17) is 9.68 Å². The molecule has 140 valence electrons. The van der Waals surface area contributed by atoms with Crippen LogP contribution in [0.25, 0.3) is 0 Å². The highest BCUT2D eigenvalue weighted by Crippen LogP contribution is 2.23. The normalized spacial score (nSPS) is 16.4. The minimum Gasteiger partial charge on any atom is -0.467 e. The number of hydrogen-bond acceptors (Lipinski definition) is 4.